The Morgan fingerprint density at radius 3 is 2.62 bits per heavy atom. The zero-order chi connectivity index (χ0) is 27.5. The second-order valence-corrected chi connectivity index (χ2v) is 11.9. The van der Waals surface area contributed by atoms with Gasteiger partial charge in [-0.25, -0.2) is 24.8 Å². The first-order valence-corrected chi connectivity index (χ1v) is 14.3. The van der Waals surface area contributed by atoms with Crippen molar-refractivity contribution >= 4 is 22.8 Å². The van der Waals surface area contributed by atoms with E-state index in [0.717, 1.165) is 69.1 Å². The van der Waals surface area contributed by atoms with Crippen LogP contribution in [0.5, 0.6) is 0 Å². The third kappa shape index (κ3) is 4.06. The van der Waals surface area contributed by atoms with Crippen LogP contribution in [-0.4, -0.2) is 41.8 Å². The number of aromatic nitrogens is 7. The Bertz CT molecular complexity index is 1690. The highest BCUT2D eigenvalue weighted by atomic mass is 35.5. The molecule has 4 aromatic rings. The highest BCUT2D eigenvalue weighted by Gasteiger charge is 2.58. The third-order valence-corrected chi connectivity index (χ3v) is 9.50. The fourth-order valence-corrected chi connectivity index (χ4v) is 7.20. The summed E-state index contributed by atoms with van der Waals surface area (Å²) >= 11 is 6.39. The number of hydrogen-bond donors (Lipinski definition) is 1. The Labute approximate surface area is 235 Å². The van der Waals surface area contributed by atoms with Gasteiger partial charge in [-0.1, -0.05) is 30.9 Å². The van der Waals surface area contributed by atoms with E-state index in [1.165, 1.54) is 6.42 Å². The molecule has 1 spiro atoms. The van der Waals surface area contributed by atoms with Gasteiger partial charge < -0.3 is 13.7 Å². The second kappa shape index (κ2) is 9.53. The molecular formula is C29H30ClN7O3. The molecule has 4 heterocycles. The number of nitrogens with zero attached hydrogens (tertiary/aromatic N) is 6. The summed E-state index contributed by atoms with van der Waals surface area (Å²) in [6.45, 7) is 0. The van der Waals surface area contributed by atoms with Gasteiger partial charge in [0.25, 0.3) is 5.89 Å². The fourth-order valence-electron chi connectivity index (χ4n) is 7.02. The Kier molecular flexibility index (Phi) is 6.06. The zero-order valence-electron chi connectivity index (χ0n) is 22.3. The summed E-state index contributed by atoms with van der Waals surface area (Å²) in [6.07, 6.45) is 19.4. The molecule has 0 amide bonds. The monoisotopic (exact) mass is 559 g/mol. The first-order valence-electron chi connectivity index (χ1n) is 13.9. The van der Waals surface area contributed by atoms with Crippen LogP contribution in [0.25, 0.3) is 34.1 Å². The highest BCUT2D eigenvalue weighted by Crippen LogP contribution is 2.66. The molecule has 0 unspecified atom stereocenters. The zero-order valence-corrected chi connectivity index (χ0v) is 23.1. The minimum Gasteiger partial charge on any atom is -0.384 e. The van der Waals surface area contributed by atoms with Gasteiger partial charge in [-0.05, 0) is 56.4 Å². The highest BCUT2D eigenvalue weighted by molar-refractivity contribution is 6.30. The number of fused-ring (bicyclic) bond motifs is 1. The number of hydrogen-bond acceptors (Lipinski definition) is 8. The molecule has 10 nitrogen and oxygen atoms in total. The lowest BCUT2D eigenvalue weighted by molar-refractivity contribution is -0.0540. The largest absolute Gasteiger partial charge is 0.434 e. The standard InChI is InChI=1S/C29H30ClN7O3/c1-3-17-7-11-28(12-8-17)14-20(28)37-22-21(18-13-19(30)16-31-15-18)32-24(25-35-36-27(38)40-25)33-23(22)34-26(37)29(39-2)9-5-4-6-10-29/h1,13,15-17,20H,4-12,14H2,2H3,(H,36,38)/t17?,20-,28?/m1/s1. The summed E-state index contributed by atoms with van der Waals surface area (Å²) in [6, 6.07) is 2.05. The van der Waals surface area contributed by atoms with Crippen LogP contribution in [-0.2, 0) is 10.3 Å². The number of H-pyrrole nitrogens is 1. The molecule has 3 saturated carbocycles. The van der Waals surface area contributed by atoms with Crippen molar-refractivity contribution in [3.63, 3.8) is 0 Å². The number of methoxy groups -OCH3 is 1. The maximum atomic E-state index is 11.8. The lowest BCUT2D eigenvalue weighted by atomic mass is 9.79. The number of pyridine rings is 1. The summed E-state index contributed by atoms with van der Waals surface area (Å²) < 4.78 is 13.9. The number of aromatic amines is 1. The quantitative estimate of drug-likeness (QED) is 0.320. The first-order chi connectivity index (χ1) is 19.4. The average molecular weight is 560 g/mol. The number of imidazole rings is 1. The van der Waals surface area contributed by atoms with Crippen molar-refractivity contribution in [2.75, 3.05) is 7.11 Å². The smallest absolute Gasteiger partial charge is 0.384 e. The van der Waals surface area contributed by atoms with Crippen molar-refractivity contribution in [2.45, 2.75) is 75.9 Å². The van der Waals surface area contributed by atoms with Gasteiger partial charge in [0, 0.05) is 37.0 Å². The number of nitrogens with one attached hydrogen (secondary N) is 1. The molecule has 1 N–H and O–H groups in total. The van der Waals surface area contributed by atoms with Gasteiger partial charge in [-0.15, -0.1) is 17.4 Å². The van der Waals surface area contributed by atoms with Crippen LogP contribution >= 0.6 is 11.6 Å². The lowest BCUT2D eigenvalue weighted by Crippen LogP contribution is -2.35. The van der Waals surface area contributed by atoms with Crippen molar-refractivity contribution < 1.29 is 9.15 Å². The van der Waals surface area contributed by atoms with Crippen molar-refractivity contribution in [3.05, 3.63) is 39.9 Å². The molecule has 0 saturated heterocycles. The molecule has 4 aromatic heterocycles. The van der Waals surface area contributed by atoms with Crippen molar-refractivity contribution in [1.82, 2.24) is 34.7 Å². The van der Waals surface area contributed by atoms with E-state index in [4.69, 9.17) is 42.1 Å². The van der Waals surface area contributed by atoms with Gasteiger partial charge in [-0.3, -0.25) is 4.98 Å². The number of ether oxygens (including phenoxy) is 1. The first kappa shape index (κ1) is 25.4. The lowest BCUT2D eigenvalue weighted by Gasteiger charge is -2.36. The molecule has 3 aliphatic rings. The van der Waals surface area contributed by atoms with Gasteiger partial charge in [-0.2, -0.15) is 0 Å². The third-order valence-electron chi connectivity index (χ3n) is 9.29. The van der Waals surface area contributed by atoms with E-state index in [-0.39, 0.29) is 23.2 Å². The maximum Gasteiger partial charge on any atom is 0.434 e. The molecule has 0 bridgehead atoms. The van der Waals surface area contributed by atoms with Crippen LogP contribution < -0.4 is 5.76 Å². The number of terminal acetylenes is 1. The van der Waals surface area contributed by atoms with Crippen LogP contribution in [0.15, 0.2) is 27.7 Å². The second-order valence-electron chi connectivity index (χ2n) is 11.5. The van der Waals surface area contributed by atoms with E-state index in [1.807, 2.05) is 6.07 Å². The topological polar surface area (TPSA) is 125 Å². The Balaban J connectivity index is 1.49. The van der Waals surface area contributed by atoms with Crippen molar-refractivity contribution in [1.29, 1.82) is 0 Å². The maximum absolute atomic E-state index is 11.8. The van der Waals surface area contributed by atoms with Gasteiger partial charge in [0.05, 0.1) is 5.02 Å². The average Bonchev–Trinajstić information content (AvgIpc) is 3.29. The van der Waals surface area contributed by atoms with Gasteiger partial charge in [0.1, 0.15) is 22.6 Å². The summed E-state index contributed by atoms with van der Waals surface area (Å²) in [5.74, 6) is 3.67. The van der Waals surface area contributed by atoms with Crippen molar-refractivity contribution in [3.8, 4) is 35.3 Å². The molecule has 0 aromatic carbocycles. The van der Waals surface area contributed by atoms with E-state index in [1.54, 1.807) is 19.5 Å². The molecule has 206 valence electrons. The minimum atomic E-state index is -0.682. The minimum absolute atomic E-state index is 0.00569. The number of rotatable bonds is 5. The summed E-state index contributed by atoms with van der Waals surface area (Å²) in [7, 11) is 1.78. The predicted molar refractivity (Wildman–Crippen MR) is 148 cm³/mol. The SMILES string of the molecule is C#CC1CCC2(CC1)C[C@H]2n1c(C2(OC)CCCCC2)nc2nc(-c3n[nH]c(=O)o3)nc(-c3cncc(Cl)c3)c21. The van der Waals surface area contributed by atoms with Crippen LogP contribution in [0, 0.1) is 23.7 Å². The molecule has 1 atom stereocenters. The summed E-state index contributed by atoms with van der Waals surface area (Å²) in [4.78, 5) is 31.0. The van der Waals surface area contributed by atoms with E-state index in [0.29, 0.717) is 27.8 Å². The van der Waals surface area contributed by atoms with Gasteiger partial charge >= 0.3 is 5.76 Å². The molecule has 3 fully saturated rings. The van der Waals surface area contributed by atoms with E-state index < -0.39 is 11.4 Å². The number of halogens is 1. The molecular weight excluding hydrogens is 530 g/mol. The van der Waals surface area contributed by atoms with Crippen LogP contribution in [0.3, 0.4) is 0 Å². The summed E-state index contributed by atoms with van der Waals surface area (Å²) in [5.41, 5.74) is 2.28. The van der Waals surface area contributed by atoms with E-state index >= 15 is 0 Å². The van der Waals surface area contributed by atoms with E-state index in [9.17, 15) is 4.79 Å². The molecule has 11 heteroatoms. The Hall–Kier alpha value is -3.55. The fraction of sp³-hybridized carbons (Fsp3) is 0.517. The Morgan fingerprint density at radius 1 is 1.15 bits per heavy atom. The van der Waals surface area contributed by atoms with Gasteiger partial charge in [0.2, 0.25) is 5.82 Å². The van der Waals surface area contributed by atoms with Crippen LogP contribution in [0.4, 0.5) is 0 Å². The summed E-state index contributed by atoms with van der Waals surface area (Å²) in [5, 5.41) is 6.76. The van der Waals surface area contributed by atoms with E-state index in [2.05, 4.69) is 25.7 Å². The normalized spacial score (nSPS) is 25.7. The molecule has 3 aliphatic carbocycles. The van der Waals surface area contributed by atoms with Crippen LogP contribution in [0.2, 0.25) is 5.02 Å². The van der Waals surface area contributed by atoms with Crippen molar-refractivity contribution in [2.24, 2.45) is 11.3 Å². The molecule has 40 heavy (non-hydrogen) atoms. The molecule has 0 aliphatic heterocycles. The van der Waals surface area contributed by atoms with Gasteiger partial charge in [0.15, 0.2) is 5.65 Å². The van der Waals surface area contributed by atoms with Crippen LogP contribution in [0.1, 0.15) is 76.1 Å². The predicted octanol–water partition coefficient (Wildman–Crippen LogP) is 5.45. The molecule has 0 radical (unpaired) electrons. The Morgan fingerprint density at radius 2 is 1.95 bits per heavy atom. The molecule has 7 rings (SSSR count).